The van der Waals surface area contributed by atoms with E-state index in [1.165, 1.54) is 0 Å². The summed E-state index contributed by atoms with van der Waals surface area (Å²) >= 11 is 0. The lowest BCUT2D eigenvalue weighted by atomic mass is 10.0. The van der Waals surface area contributed by atoms with Gasteiger partial charge in [0, 0.05) is 49.7 Å². The predicted octanol–water partition coefficient (Wildman–Crippen LogP) is 2.04. The number of amides is 1. The van der Waals surface area contributed by atoms with E-state index in [4.69, 9.17) is 5.73 Å². The maximum Gasteiger partial charge on any atom is 0.272 e. The van der Waals surface area contributed by atoms with Crippen LogP contribution in [0.4, 0.5) is 11.6 Å². The molecule has 0 spiro atoms. The maximum absolute atomic E-state index is 12.7. The molecule has 148 valence electrons. The standard InChI is InChI=1S/C21H23N7O/c1-2-16-19(15-6-7-18(22)24-13-15)20(26-14-25-16)27-9-11-28(12-10-27)21(29)17-5-3-4-8-23-17/h3-8,13-14H,2,9-12H2,1H3,(H2,22,24). The lowest BCUT2D eigenvalue weighted by Gasteiger charge is -2.36. The van der Waals surface area contributed by atoms with E-state index in [-0.39, 0.29) is 5.91 Å². The molecule has 1 aliphatic heterocycles. The van der Waals surface area contributed by atoms with Crippen LogP contribution in [0, 0.1) is 0 Å². The van der Waals surface area contributed by atoms with Gasteiger partial charge in [-0.25, -0.2) is 15.0 Å². The van der Waals surface area contributed by atoms with E-state index in [9.17, 15) is 4.79 Å². The summed E-state index contributed by atoms with van der Waals surface area (Å²) < 4.78 is 0. The Bertz CT molecular complexity index is 984. The Kier molecular flexibility index (Phi) is 5.33. The molecule has 2 N–H and O–H groups in total. The molecule has 1 saturated heterocycles. The highest BCUT2D eigenvalue weighted by atomic mass is 16.2. The Morgan fingerprint density at radius 3 is 2.52 bits per heavy atom. The van der Waals surface area contributed by atoms with Gasteiger partial charge in [0.2, 0.25) is 0 Å². The summed E-state index contributed by atoms with van der Waals surface area (Å²) in [5, 5.41) is 0. The molecule has 0 unspecified atom stereocenters. The first kappa shape index (κ1) is 18.8. The van der Waals surface area contributed by atoms with Crippen LogP contribution in [-0.4, -0.2) is 56.9 Å². The van der Waals surface area contributed by atoms with E-state index in [0.717, 1.165) is 29.1 Å². The number of nitrogens with zero attached hydrogens (tertiary/aromatic N) is 6. The monoisotopic (exact) mass is 389 g/mol. The molecule has 0 atom stereocenters. The lowest BCUT2D eigenvalue weighted by Crippen LogP contribution is -2.49. The van der Waals surface area contributed by atoms with Crippen molar-refractivity contribution in [2.24, 2.45) is 0 Å². The van der Waals surface area contributed by atoms with Gasteiger partial charge in [-0.1, -0.05) is 13.0 Å². The third-order valence-electron chi connectivity index (χ3n) is 5.07. The summed E-state index contributed by atoms with van der Waals surface area (Å²) in [4.78, 5) is 34.1. The average molecular weight is 389 g/mol. The van der Waals surface area contributed by atoms with Crippen molar-refractivity contribution in [3.05, 3.63) is 60.4 Å². The zero-order valence-electron chi connectivity index (χ0n) is 16.3. The minimum atomic E-state index is -0.0369. The number of carbonyl (C=O) groups is 1. The number of aryl methyl sites for hydroxylation is 1. The van der Waals surface area contributed by atoms with Crippen molar-refractivity contribution in [3.63, 3.8) is 0 Å². The van der Waals surface area contributed by atoms with Gasteiger partial charge in [0.15, 0.2) is 0 Å². The van der Waals surface area contributed by atoms with E-state index < -0.39 is 0 Å². The fourth-order valence-electron chi connectivity index (χ4n) is 3.54. The highest BCUT2D eigenvalue weighted by Crippen LogP contribution is 2.32. The van der Waals surface area contributed by atoms with Crippen molar-refractivity contribution in [2.45, 2.75) is 13.3 Å². The number of anilines is 2. The quantitative estimate of drug-likeness (QED) is 0.728. The molecule has 0 aromatic carbocycles. The fourth-order valence-corrected chi connectivity index (χ4v) is 3.54. The van der Waals surface area contributed by atoms with Crippen LogP contribution in [0.15, 0.2) is 49.1 Å². The van der Waals surface area contributed by atoms with Gasteiger partial charge in [-0.15, -0.1) is 0 Å². The average Bonchev–Trinajstić information content (AvgIpc) is 2.79. The molecular formula is C21H23N7O. The molecule has 1 amide bonds. The van der Waals surface area contributed by atoms with Crippen LogP contribution in [0.3, 0.4) is 0 Å². The number of carbonyl (C=O) groups excluding carboxylic acids is 1. The van der Waals surface area contributed by atoms with Gasteiger partial charge in [-0.2, -0.15) is 0 Å². The second-order valence-electron chi connectivity index (χ2n) is 6.84. The van der Waals surface area contributed by atoms with Crippen molar-refractivity contribution in [1.29, 1.82) is 0 Å². The summed E-state index contributed by atoms with van der Waals surface area (Å²) in [7, 11) is 0. The minimum absolute atomic E-state index is 0.0369. The summed E-state index contributed by atoms with van der Waals surface area (Å²) in [5.41, 5.74) is 9.12. The molecule has 8 heteroatoms. The summed E-state index contributed by atoms with van der Waals surface area (Å²) in [6.45, 7) is 4.67. The molecule has 1 fully saturated rings. The second kappa shape index (κ2) is 8.22. The van der Waals surface area contributed by atoms with E-state index in [1.54, 1.807) is 30.9 Å². The van der Waals surface area contributed by atoms with E-state index in [0.29, 0.717) is 37.7 Å². The molecule has 0 aliphatic carbocycles. The number of hydrogen-bond donors (Lipinski definition) is 1. The number of pyridine rings is 2. The van der Waals surface area contributed by atoms with Crippen LogP contribution in [0.25, 0.3) is 11.1 Å². The highest BCUT2D eigenvalue weighted by molar-refractivity contribution is 5.92. The van der Waals surface area contributed by atoms with Crippen LogP contribution in [0.5, 0.6) is 0 Å². The number of piperazine rings is 1. The SMILES string of the molecule is CCc1ncnc(N2CCN(C(=O)c3ccccn3)CC2)c1-c1ccc(N)nc1. The van der Waals surface area contributed by atoms with Gasteiger partial charge in [0.05, 0.1) is 5.69 Å². The molecular weight excluding hydrogens is 366 g/mol. The molecule has 3 aromatic rings. The molecule has 4 rings (SSSR count). The third-order valence-corrected chi connectivity index (χ3v) is 5.07. The largest absolute Gasteiger partial charge is 0.384 e. The van der Waals surface area contributed by atoms with E-state index in [1.807, 2.05) is 23.1 Å². The van der Waals surface area contributed by atoms with E-state index in [2.05, 4.69) is 31.8 Å². The van der Waals surface area contributed by atoms with Crippen LogP contribution >= 0.6 is 0 Å². The smallest absolute Gasteiger partial charge is 0.272 e. The Morgan fingerprint density at radius 2 is 1.86 bits per heavy atom. The summed E-state index contributed by atoms with van der Waals surface area (Å²) in [5.74, 6) is 1.31. The van der Waals surface area contributed by atoms with Gasteiger partial charge in [0.1, 0.15) is 23.7 Å². The van der Waals surface area contributed by atoms with E-state index >= 15 is 0 Å². The zero-order valence-corrected chi connectivity index (χ0v) is 16.3. The Morgan fingerprint density at radius 1 is 1.03 bits per heavy atom. The van der Waals surface area contributed by atoms with Crippen molar-refractivity contribution in [2.75, 3.05) is 36.8 Å². The summed E-state index contributed by atoms with van der Waals surface area (Å²) in [6, 6.07) is 9.12. The topological polar surface area (TPSA) is 101 Å². The molecule has 4 heterocycles. The first-order valence-electron chi connectivity index (χ1n) is 9.68. The minimum Gasteiger partial charge on any atom is -0.384 e. The molecule has 1 aliphatic rings. The van der Waals surface area contributed by atoms with Crippen molar-refractivity contribution in [3.8, 4) is 11.1 Å². The number of nitrogens with two attached hydrogens (primary N) is 1. The van der Waals surface area contributed by atoms with Gasteiger partial charge < -0.3 is 15.5 Å². The van der Waals surface area contributed by atoms with Crippen molar-refractivity contribution >= 4 is 17.5 Å². The number of nitrogen functional groups attached to an aromatic ring is 1. The lowest BCUT2D eigenvalue weighted by molar-refractivity contribution is 0.0740. The first-order chi connectivity index (χ1) is 14.2. The third kappa shape index (κ3) is 3.87. The van der Waals surface area contributed by atoms with Gasteiger partial charge in [-0.05, 0) is 30.7 Å². The number of hydrogen-bond acceptors (Lipinski definition) is 7. The zero-order chi connectivity index (χ0) is 20.2. The second-order valence-corrected chi connectivity index (χ2v) is 6.84. The Balaban J connectivity index is 1.57. The normalized spacial score (nSPS) is 14.1. The Labute approximate surface area is 169 Å². The number of aromatic nitrogens is 4. The predicted molar refractivity (Wildman–Crippen MR) is 111 cm³/mol. The summed E-state index contributed by atoms with van der Waals surface area (Å²) in [6.07, 6.45) is 5.79. The van der Waals surface area contributed by atoms with Crippen LogP contribution in [-0.2, 0) is 6.42 Å². The van der Waals surface area contributed by atoms with Crippen molar-refractivity contribution in [1.82, 2.24) is 24.8 Å². The molecule has 0 saturated carbocycles. The van der Waals surface area contributed by atoms with Crippen LogP contribution in [0.1, 0.15) is 23.1 Å². The molecule has 8 nitrogen and oxygen atoms in total. The van der Waals surface area contributed by atoms with Crippen molar-refractivity contribution < 1.29 is 4.79 Å². The molecule has 3 aromatic heterocycles. The Hall–Kier alpha value is -3.55. The fraction of sp³-hybridized carbons (Fsp3) is 0.286. The molecule has 0 radical (unpaired) electrons. The molecule has 0 bridgehead atoms. The first-order valence-corrected chi connectivity index (χ1v) is 9.68. The number of rotatable bonds is 4. The van der Waals surface area contributed by atoms with Gasteiger partial charge in [0.25, 0.3) is 5.91 Å². The van der Waals surface area contributed by atoms with Crippen LogP contribution in [0.2, 0.25) is 0 Å². The maximum atomic E-state index is 12.7. The van der Waals surface area contributed by atoms with Crippen LogP contribution < -0.4 is 10.6 Å². The highest BCUT2D eigenvalue weighted by Gasteiger charge is 2.26. The molecule has 29 heavy (non-hydrogen) atoms. The van der Waals surface area contributed by atoms with Gasteiger partial charge >= 0.3 is 0 Å². The van der Waals surface area contributed by atoms with Gasteiger partial charge in [-0.3, -0.25) is 9.78 Å².